The Labute approximate surface area is 75.4 Å². The van der Waals surface area contributed by atoms with Crippen LogP contribution in [0.4, 0.5) is 5.69 Å². The summed E-state index contributed by atoms with van der Waals surface area (Å²) in [4.78, 5) is 3.21. The van der Waals surface area contributed by atoms with E-state index in [-0.39, 0.29) is 0 Å². The molecule has 1 aromatic carbocycles. The Kier molecular flexibility index (Phi) is 2.38. The standard InChI is InChI=1S/C8H5Cl2N/c1-5-3-4-6(11-2)8(10)7(5)9/h3-4H,1H3. The number of halogens is 2. The molecule has 0 spiro atoms. The van der Waals surface area contributed by atoms with Gasteiger partial charge in [0.2, 0.25) is 5.69 Å². The Morgan fingerprint density at radius 3 is 2.45 bits per heavy atom. The monoisotopic (exact) mass is 185 g/mol. The van der Waals surface area contributed by atoms with Gasteiger partial charge in [-0.3, -0.25) is 0 Å². The Morgan fingerprint density at radius 2 is 1.91 bits per heavy atom. The van der Waals surface area contributed by atoms with Crippen LogP contribution in [-0.4, -0.2) is 0 Å². The van der Waals surface area contributed by atoms with Crippen molar-refractivity contribution in [1.29, 1.82) is 0 Å². The molecule has 0 aliphatic heterocycles. The third-order valence-corrected chi connectivity index (χ3v) is 2.34. The van der Waals surface area contributed by atoms with Gasteiger partial charge in [0.05, 0.1) is 16.6 Å². The molecule has 0 bridgehead atoms. The van der Waals surface area contributed by atoms with Crippen LogP contribution in [0.25, 0.3) is 4.85 Å². The van der Waals surface area contributed by atoms with Crippen LogP contribution in [0.3, 0.4) is 0 Å². The molecule has 0 N–H and O–H groups in total. The fourth-order valence-electron chi connectivity index (χ4n) is 0.722. The van der Waals surface area contributed by atoms with E-state index in [0.29, 0.717) is 15.7 Å². The van der Waals surface area contributed by atoms with E-state index >= 15 is 0 Å². The lowest BCUT2D eigenvalue weighted by atomic mass is 10.2. The van der Waals surface area contributed by atoms with E-state index in [1.807, 2.05) is 6.92 Å². The molecule has 1 aromatic rings. The van der Waals surface area contributed by atoms with Gasteiger partial charge in [0.25, 0.3) is 0 Å². The van der Waals surface area contributed by atoms with Gasteiger partial charge >= 0.3 is 0 Å². The van der Waals surface area contributed by atoms with Crippen LogP contribution in [-0.2, 0) is 0 Å². The largest absolute Gasteiger partial charge is 0.237 e. The topological polar surface area (TPSA) is 4.36 Å². The van der Waals surface area contributed by atoms with E-state index in [1.54, 1.807) is 12.1 Å². The van der Waals surface area contributed by atoms with Crippen molar-refractivity contribution in [3.8, 4) is 0 Å². The summed E-state index contributed by atoms with van der Waals surface area (Å²) >= 11 is 11.5. The van der Waals surface area contributed by atoms with Crippen LogP contribution in [0.1, 0.15) is 5.56 Å². The maximum atomic E-state index is 6.73. The second-order valence-electron chi connectivity index (χ2n) is 2.14. The number of rotatable bonds is 0. The van der Waals surface area contributed by atoms with Gasteiger partial charge < -0.3 is 0 Å². The molecule has 1 rings (SSSR count). The summed E-state index contributed by atoms with van der Waals surface area (Å²) in [6.07, 6.45) is 0. The third-order valence-electron chi connectivity index (χ3n) is 1.38. The molecule has 11 heavy (non-hydrogen) atoms. The molecule has 0 saturated carbocycles. The Hall–Kier alpha value is -0.710. The number of aryl methyl sites for hydroxylation is 1. The van der Waals surface area contributed by atoms with Gasteiger partial charge in [-0.25, -0.2) is 4.85 Å². The highest BCUT2D eigenvalue weighted by molar-refractivity contribution is 6.44. The first kappa shape index (κ1) is 8.39. The summed E-state index contributed by atoms with van der Waals surface area (Å²) < 4.78 is 0. The Morgan fingerprint density at radius 1 is 1.27 bits per heavy atom. The molecule has 0 amide bonds. The maximum absolute atomic E-state index is 6.73. The van der Waals surface area contributed by atoms with Gasteiger partial charge in [0.1, 0.15) is 0 Å². The molecule has 0 aliphatic carbocycles. The van der Waals surface area contributed by atoms with E-state index in [1.165, 1.54) is 0 Å². The van der Waals surface area contributed by atoms with Crippen LogP contribution >= 0.6 is 23.2 Å². The first-order valence-corrected chi connectivity index (χ1v) is 3.74. The van der Waals surface area contributed by atoms with Gasteiger partial charge in [-0.05, 0) is 12.5 Å². The number of hydrogen-bond donors (Lipinski definition) is 0. The first-order chi connectivity index (χ1) is 5.16. The van der Waals surface area contributed by atoms with Crippen molar-refractivity contribution in [2.24, 2.45) is 0 Å². The molecule has 0 heterocycles. The lowest BCUT2D eigenvalue weighted by Crippen LogP contribution is -1.75. The molecule has 0 unspecified atom stereocenters. The quantitative estimate of drug-likeness (QED) is 0.542. The normalized spacial score (nSPS) is 9.27. The molecule has 1 nitrogen and oxygen atoms in total. The van der Waals surface area contributed by atoms with Crippen molar-refractivity contribution in [1.82, 2.24) is 0 Å². The van der Waals surface area contributed by atoms with Crippen LogP contribution in [0.15, 0.2) is 12.1 Å². The van der Waals surface area contributed by atoms with Crippen molar-refractivity contribution in [3.05, 3.63) is 39.2 Å². The molecule has 0 saturated heterocycles. The minimum atomic E-state index is 0.349. The second-order valence-corrected chi connectivity index (χ2v) is 2.90. The Bertz CT molecular complexity index is 326. The van der Waals surface area contributed by atoms with Gasteiger partial charge in [-0.1, -0.05) is 35.3 Å². The Balaban J connectivity index is 3.40. The van der Waals surface area contributed by atoms with E-state index in [9.17, 15) is 0 Å². The number of hydrogen-bond acceptors (Lipinski definition) is 0. The number of nitrogens with zero attached hydrogens (tertiary/aromatic N) is 1. The summed E-state index contributed by atoms with van der Waals surface area (Å²) in [6, 6.07) is 3.44. The highest BCUT2D eigenvalue weighted by Gasteiger charge is 2.05. The van der Waals surface area contributed by atoms with Gasteiger partial charge in [0.15, 0.2) is 0 Å². The van der Waals surface area contributed by atoms with Gasteiger partial charge in [-0.2, -0.15) is 0 Å². The summed E-state index contributed by atoms with van der Waals surface area (Å²) in [5.41, 5.74) is 1.30. The molecule has 3 heteroatoms. The molecule has 0 aromatic heterocycles. The maximum Gasteiger partial charge on any atom is 0.206 e. The van der Waals surface area contributed by atoms with Crippen molar-refractivity contribution in [3.63, 3.8) is 0 Å². The molecule has 0 radical (unpaired) electrons. The molecular formula is C8H5Cl2N. The predicted octanol–water partition coefficient (Wildman–Crippen LogP) is 3.85. The minimum Gasteiger partial charge on any atom is -0.237 e. The summed E-state index contributed by atoms with van der Waals surface area (Å²) in [7, 11) is 0. The van der Waals surface area contributed by atoms with Crippen LogP contribution in [0, 0.1) is 13.5 Å². The van der Waals surface area contributed by atoms with Crippen molar-refractivity contribution in [2.75, 3.05) is 0 Å². The van der Waals surface area contributed by atoms with Crippen molar-refractivity contribution in [2.45, 2.75) is 6.92 Å². The third kappa shape index (κ3) is 1.48. The molecule has 56 valence electrons. The zero-order chi connectivity index (χ0) is 8.43. The summed E-state index contributed by atoms with van der Waals surface area (Å²) in [5.74, 6) is 0. The first-order valence-electron chi connectivity index (χ1n) is 2.99. The SMILES string of the molecule is [C-]#[N+]c1ccc(C)c(Cl)c1Cl. The number of benzene rings is 1. The zero-order valence-corrected chi connectivity index (χ0v) is 7.37. The fraction of sp³-hybridized carbons (Fsp3) is 0.125. The van der Waals surface area contributed by atoms with E-state index in [0.717, 1.165) is 5.56 Å². The van der Waals surface area contributed by atoms with E-state index in [2.05, 4.69) is 4.85 Å². The fourth-order valence-corrected chi connectivity index (χ4v) is 1.14. The second kappa shape index (κ2) is 3.13. The van der Waals surface area contributed by atoms with Gasteiger partial charge in [-0.15, -0.1) is 0 Å². The lowest BCUT2D eigenvalue weighted by molar-refractivity contribution is 1.48. The van der Waals surface area contributed by atoms with E-state index < -0.39 is 0 Å². The van der Waals surface area contributed by atoms with Crippen LogP contribution < -0.4 is 0 Å². The average molecular weight is 186 g/mol. The van der Waals surface area contributed by atoms with Crippen LogP contribution in [0.2, 0.25) is 10.0 Å². The summed E-state index contributed by atoms with van der Waals surface area (Å²) in [5, 5.41) is 0.821. The molecule has 0 aliphatic rings. The van der Waals surface area contributed by atoms with Gasteiger partial charge in [0, 0.05) is 0 Å². The smallest absolute Gasteiger partial charge is 0.206 e. The summed E-state index contributed by atoms with van der Waals surface area (Å²) in [6.45, 7) is 8.58. The van der Waals surface area contributed by atoms with Crippen molar-refractivity contribution < 1.29 is 0 Å². The van der Waals surface area contributed by atoms with Crippen molar-refractivity contribution >= 4 is 28.9 Å². The molecule has 0 atom stereocenters. The minimum absolute atomic E-state index is 0.349. The predicted molar refractivity (Wildman–Crippen MR) is 47.5 cm³/mol. The van der Waals surface area contributed by atoms with Crippen LogP contribution in [0.5, 0.6) is 0 Å². The molecule has 0 fully saturated rings. The molecular weight excluding hydrogens is 181 g/mol. The van der Waals surface area contributed by atoms with E-state index in [4.69, 9.17) is 29.8 Å². The highest BCUT2D eigenvalue weighted by atomic mass is 35.5. The zero-order valence-electron chi connectivity index (χ0n) is 5.86. The highest BCUT2D eigenvalue weighted by Crippen LogP contribution is 2.34. The lowest BCUT2D eigenvalue weighted by Gasteiger charge is -2.00. The average Bonchev–Trinajstić information content (AvgIpc) is 2.01.